The van der Waals surface area contributed by atoms with Crippen molar-refractivity contribution < 1.29 is 67.9 Å². The van der Waals surface area contributed by atoms with Crippen LogP contribution in [0.25, 0.3) is 10.9 Å². The maximum Gasteiger partial charge on any atom is 0.311 e. The van der Waals surface area contributed by atoms with Crippen molar-refractivity contribution in [2.75, 3.05) is 45.9 Å². The largest absolute Gasteiger partial charge is 0.494 e. The molecule has 0 aliphatic carbocycles. The zero-order valence-corrected chi connectivity index (χ0v) is 47.5. The van der Waals surface area contributed by atoms with Gasteiger partial charge in [-0.1, -0.05) is 45.9 Å². The highest BCUT2D eigenvalue weighted by Crippen LogP contribution is 2.43. The molecule has 3 fully saturated rings. The average Bonchev–Trinajstić information content (AvgIpc) is 3.84. The van der Waals surface area contributed by atoms with Crippen LogP contribution in [0.15, 0.2) is 54.7 Å². The fourth-order valence-corrected chi connectivity index (χ4v) is 12.6. The maximum absolute atomic E-state index is 14.5. The third-order valence-corrected chi connectivity index (χ3v) is 17.6. The fraction of sp³-hybridized carbons (Fsp3) is 0.712. The number of ketones is 1. The predicted octanol–water partition coefficient (Wildman–Crippen LogP) is 6.95. The van der Waals surface area contributed by atoms with E-state index in [9.17, 15) is 30.0 Å². The molecule has 7 rings (SSSR count). The van der Waals surface area contributed by atoms with Crippen LogP contribution >= 0.6 is 0 Å². The van der Waals surface area contributed by atoms with Gasteiger partial charge in [-0.3, -0.25) is 14.6 Å². The number of ether oxygens (including phenoxy) is 8. The molecule has 3 aromatic rings. The van der Waals surface area contributed by atoms with Crippen molar-refractivity contribution in [3.63, 3.8) is 0 Å². The first-order valence-electron chi connectivity index (χ1n) is 27.7. The lowest BCUT2D eigenvalue weighted by atomic mass is 9.74. The number of cyclic esters (lactones) is 1. The van der Waals surface area contributed by atoms with Crippen LogP contribution in [0.1, 0.15) is 125 Å². The molecule has 2 unspecified atom stereocenters. The number of esters is 1. The quantitative estimate of drug-likeness (QED) is 0.0897. The first-order chi connectivity index (χ1) is 35.9. The third-order valence-electron chi connectivity index (χ3n) is 17.6. The first-order valence-corrected chi connectivity index (χ1v) is 27.7. The second-order valence-electron chi connectivity index (χ2n) is 23.2. The Morgan fingerprint density at radius 1 is 0.895 bits per heavy atom. The standard InChI is InChI=1S/C59H89N3O14/c1-15-47-59(11,68)52(65)35(4)49(63)33(2)30-58(10,70-14)54(36(5)51(37(6)55(67)74-47)75-48-31-57(9,69-13)53(66)39(8)73-48)76-56-50(64)46(27-34(3)72-56)61(12)24-18-26-71-43-21-22-44-41(29-43)28-42(32-60-44)38(7)62-25-23-40-19-16-17-20-45(40)62/h16-17,19-22,28-29,32-39,46-48,50-54,56,64-66,68H,15,18,23-27,30-31H2,1-14H3/t33-,34-,35+,36+,37-,38-,39+,46+,47-,48?,50?,51+,52-,53+,54-,56+,57-,58-,59-/m1/s1. The number of hydrogen-bond acceptors (Lipinski definition) is 17. The summed E-state index contributed by atoms with van der Waals surface area (Å²) in [7, 11) is 4.99. The minimum absolute atomic E-state index is 0.0769. The molecule has 0 amide bonds. The molecule has 19 atom stereocenters. The number of hydrogen-bond donors (Lipinski definition) is 4. The van der Waals surface area contributed by atoms with Gasteiger partial charge in [-0.25, -0.2) is 0 Å². The molecule has 76 heavy (non-hydrogen) atoms. The number of aliphatic hydroxyl groups excluding tert-OH is 3. The van der Waals surface area contributed by atoms with E-state index in [0.717, 1.165) is 35.2 Å². The lowest BCUT2D eigenvalue weighted by Gasteiger charge is -2.50. The third kappa shape index (κ3) is 12.6. The maximum atomic E-state index is 14.5. The number of aliphatic hydroxyl groups is 4. The zero-order chi connectivity index (χ0) is 55.6. The summed E-state index contributed by atoms with van der Waals surface area (Å²) in [5.41, 5.74) is 0.307. The second kappa shape index (κ2) is 24.7. The number of likely N-dealkylation sites (N-methyl/N-ethyl adjacent to an activating group) is 1. The van der Waals surface area contributed by atoms with Crippen LogP contribution in [0.3, 0.4) is 0 Å². The van der Waals surface area contributed by atoms with Crippen LogP contribution in [0.4, 0.5) is 5.69 Å². The Morgan fingerprint density at radius 2 is 1.61 bits per heavy atom. The van der Waals surface area contributed by atoms with Crippen molar-refractivity contribution in [2.24, 2.45) is 23.7 Å². The van der Waals surface area contributed by atoms with Gasteiger partial charge in [0.15, 0.2) is 12.6 Å². The number of nitrogens with zero attached hydrogens (tertiary/aromatic N) is 3. The van der Waals surface area contributed by atoms with Gasteiger partial charge in [0.25, 0.3) is 0 Å². The Labute approximate surface area is 450 Å². The smallest absolute Gasteiger partial charge is 0.311 e. The van der Waals surface area contributed by atoms with E-state index in [1.165, 1.54) is 32.4 Å². The topological polar surface area (TPSA) is 208 Å². The summed E-state index contributed by atoms with van der Waals surface area (Å²) >= 11 is 0. The lowest BCUT2D eigenvalue weighted by molar-refractivity contribution is -0.319. The van der Waals surface area contributed by atoms with Gasteiger partial charge in [-0.05, 0) is 129 Å². The van der Waals surface area contributed by atoms with E-state index in [-0.39, 0.29) is 37.2 Å². The minimum Gasteiger partial charge on any atom is -0.494 e. The molecule has 2 aromatic carbocycles. The van der Waals surface area contributed by atoms with E-state index < -0.39 is 108 Å². The Hall–Kier alpha value is -3.85. The van der Waals surface area contributed by atoms with Crippen molar-refractivity contribution in [1.29, 1.82) is 0 Å². The molecular formula is C59H89N3O14. The number of pyridine rings is 1. The summed E-state index contributed by atoms with van der Waals surface area (Å²) in [5.74, 6) is -3.93. The zero-order valence-electron chi connectivity index (χ0n) is 47.5. The average molecular weight is 1060 g/mol. The monoisotopic (exact) mass is 1060 g/mol. The number of rotatable bonds is 15. The van der Waals surface area contributed by atoms with Gasteiger partial charge in [0.05, 0.1) is 65.8 Å². The summed E-state index contributed by atoms with van der Waals surface area (Å²) in [6.07, 6.45) is -5.77. The number of carbonyl (C=O) groups excluding carboxylic acids is 2. The van der Waals surface area contributed by atoms with Crippen LogP contribution < -0.4 is 9.64 Å². The van der Waals surface area contributed by atoms with Gasteiger partial charge in [-0.2, -0.15) is 0 Å². The van der Waals surface area contributed by atoms with Gasteiger partial charge in [-0.15, -0.1) is 0 Å². The molecule has 4 aliphatic heterocycles. The predicted molar refractivity (Wildman–Crippen MR) is 288 cm³/mol. The van der Waals surface area contributed by atoms with Crippen molar-refractivity contribution >= 4 is 28.3 Å². The summed E-state index contributed by atoms with van der Waals surface area (Å²) in [4.78, 5) is 38.2. The van der Waals surface area contributed by atoms with Crippen LogP contribution in [-0.4, -0.2) is 167 Å². The summed E-state index contributed by atoms with van der Waals surface area (Å²) in [6, 6.07) is 16.5. The molecule has 17 nitrogen and oxygen atoms in total. The molecule has 0 saturated carbocycles. The van der Waals surface area contributed by atoms with E-state index in [0.29, 0.717) is 26.0 Å². The van der Waals surface area contributed by atoms with Gasteiger partial charge < -0.3 is 68.1 Å². The number of para-hydroxylation sites is 1. The molecule has 1 aromatic heterocycles. The van der Waals surface area contributed by atoms with E-state index in [1.54, 1.807) is 41.5 Å². The number of benzene rings is 2. The lowest BCUT2D eigenvalue weighted by Crippen LogP contribution is -2.61. The number of aromatic nitrogens is 1. The summed E-state index contributed by atoms with van der Waals surface area (Å²) < 4.78 is 51.3. The van der Waals surface area contributed by atoms with Crippen LogP contribution in [-0.2, 0) is 49.2 Å². The van der Waals surface area contributed by atoms with Crippen molar-refractivity contribution in [3.05, 3.63) is 65.9 Å². The first kappa shape index (κ1) is 59.8. The van der Waals surface area contributed by atoms with Crippen LogP contribution in [0.5, 0.6) is 5.75 Å². The van der Waals surface area contributed by atoms with Crippen LogP contribution in [0, 0.1) is 23.7 Å². The Bertz CT molecular complexity index is 2430. The summed E-state index contributed by atoms with van der Waals surface area (Å²) in [6.45, 7) is 21.4. The molecule has 5 heterocycles. The molecular weight excluding hydrogens is 975 g/mol. The minimum atomic E-state index is -2.00. The van der Waals surface area contributed by atoms with Gasteiger partial charge in [0.1, 0.15) is 35.4 Å². The molecule has 4 aliphatic rings. The molecule has 3 saturated heterocycles. The summed E-state index contributed by atoms with van der Waals surface area (Å²) in [5, 5.41) is 48.0. The Morgan fingerprint density at radius 3 is 2.30 bits per heavy atom. The molecule has 17 heteroatoms. The SMILES string of the molecule is CC[C@H]1OC(=O)[C@H](C)[C@@H](OC2C[C@@](C)(OC)[C@@H](O)[C@H](C)O2)[C@H](C)[C@@H](O[C@@H]2O[C@H](C)C[C@H](N(C)CCCOc3ccc4ncc([C@@H](C)N5CCc6ccccc65)cc4c3)C2O)[C@](C)(OC)C[C@@H](C)C(=O)[C@H](C)[C@@H](O)[C@]1(C)O. The van der Waals surface area contributed by atoms with E-state index in [1.807, 2.05) is 52.2 Å². The molecule has 0 radical (unpaired) electrons. The number of fused-ring (bicyclic) bond motifs is 2. The highest BCUT2D eigenvalue weighted by atomic mass is 16.7. The van der Waals surface area contributed by atoms with E-state index in [4.69, 9.17) is 42.9 Å². The number of Topliss-reactive ketones (excluding diaryl/α,β-unsaturated/α-hetero) is 1. The van der Waals surface area contributed by atoms with Crippen molar-refractivity contribution in [1.82, 2.24) is 9.88 Å². The highest BCUT2D eigenvalue weighted by Gasteiger charge is 2.54. The highest BCUT2D eigenvalue weighted by molar-refractivity contribution is 5.84. The molecule has 424 valence electrons. The molecule has 4 N–H and O–H groups in total. The number of anilines is 1. The van der Waals surface area contributed by atoms with Crippen molar-refractivity contribution in [2.45, 2.75) is 205 Å². The van der Waals surface area contributed by atoms with E-state index >= 15 is 0 Å². The molecule has 0 spiro atoms. The van der Waals surface area contributed by atoms with E-state index in [2.05, 4.69) is 47.1 Å². The normalized spacial score (nSPS) is 38.4. The van der Waals surface area contributed by atoms with Gasteiger partial charge in [0.2, 0.25) is 0 Å². The fourth-order valence-electron chi connectivity index (χ4n) is 12.6. The van der Waals surface area contributed by atoms with Crippen LogP contribution in [0.2, 0.25) is 0 Å². The second-order valence-corrected chi connectivity index (χ2v) is 23.2. The molecule has 0 bridgehead atoms. The Kier molecular flexibility index (Phi) is 19.4. The Balaban J connectivity index is 1.10. The number of methoxy groups -OCH3 is 2. The number of carbonyl (C=O) groups is 2. The van der Waals surface area contributed by atoms with Gasteiger partial charge in [0, 0.05) is 74.8 Å². The van der Waals surface area contributed by atoms with Crippen molar-refractivity contribution in [3.8, 4) is 5.75 Å². The van der Waals surface area contributed by atoms with Gasteiger partial charge >= 0.3 is 5.97 Å².